The Hall–Kier alpha value is -1.81. The van der Waals surface area contributed by atoms with Crippen LogP contribution in [0.4, 0.5) is 0 Å². The Bertz CT molecular complexity index is 591. The van der Waals surface area contributed by atoms with Gasteiger partial charge in [-0.1, -0.05) is 18.2 Å². The van der Waals surface area contributed by atoms with Crippen LogP contribution in [0, 0.1) is 6.92 Å². The van der Waals surface area contributed by atoms with Gasteiger partial charge in [0.05, 0.1) is 13.3 Å². The van der Waals surface area contributed by atoms with E-state index in [4.69, 9.17) is 4.74 Å². The van der Waals surface area contributed by atoms with Gasteiger partial charge in [0, 0.05) is 30.4 Å². The number of aryl methyl sites for hydroxylation is 1. The van der Waals surface area contributed by atoms with Gasteiger partial charge in [0.1, 0.15) is 5.75 Å². The number of methoxy groups -OCH3 is 1. The summed E-state index contributed by atoms with van der Waals surface area (Å²) in [4.78, 5) is 0. The number of hydrogen-bond acceptors (Lipinski definition) is 3. The highest BCUT2D eigenvalue weighted by molar-refractivity contribution is 5.33. The molecule has 1 N–H and O–H groups in total. The highest BCUT2D eigenvalue weighted by atomic mass is 16.5. The van der Waals surface area contributed by atoms with Crippen molar-refractivity contribution >= 4 is 0 Å². The highest BCUT2D eigenvalue weighted by Crippen LogP contribution is 2.21. The van der Waals surface area contributed by atoms with E-state index >= 15 is 0 Å². The predicted octanol–water partition coefficient (Wildman–Crippen LogP) is 3.02. The normalized spacial score (nSPS) is 14.0. The van der Waals surface area contributed by atoms with Gasteiger partial charge in [0.25, 0.3) is 0 Å². The number of nitrogens with zero attached hydrogens (tertiary/aromatic N) is 2. The molecule has 0 aliphatic rings. The number of hydrogen-bond donors (Lipinski definition) is 1. The highest BCUT2D eigenvalue weighted by Gasteiger charge is 2.15. The smallest absolute Gasteiger partial charge is 0.122 e. The summed E-state index contributed by atoms with van der Waals surface area (Å²) in [5, 5.41) is 7.95. The molecule has 21 heavy (non-hydrogen) atoms. The van der Waals surface area contributed by atoms with Gasteiger partial charge in [-0.05, 0) is 38.8 Å². The molecule has 4 heteroatoms. The van der Waals surface area contributed by atoms with Crippen molar-refractivity contribution in [1.82, 2.24) is 15.1 Å². The summed E-state index contributed by atoms with van der Waals surface area (Å²) in [6.45, 7) is 6.49. The minimum absolute atomic E-state index is 0.281. The Kier molecular flexibility index (Phi) is 5.02. The maximum absolute atomic E-state index is 5.42. The Balaban J connectivity index is 2.01. The van der Waals surface area contributed by atoms with Crippen LogP contribution in [0.3, 0.4) is 0 Å². The molecule has 0 fully saturated rings. The number of ether oxygens (including phenoxy) is 1. The van der Waals surface area contributed by atoms with Crippen molar-refractivity contribution in [2.45, 2.75) is 39.3 Å². The van der Waals surface area contributed by atoms with Gasteiger partial charge in [-0.3, -0.25) is 4.68 Å². The lowest BCUT2D eigenvalue weighted by molar-refractivity contribution is 0.403. The van der Waals surface area contributed by atoms with Crippen LogP contribution in [0.2, 0.25) is 0 Å². The van der Waals surface area contributed by atoms with Crippen molar-refractivity contribution in [3.63, 3.8) is 0 Å². The van der Waals surface area contributed by atoms with Crippen molar-refractivity contribution < 1.29 is 4.74 Å². The average molecular weight is 287 g/mol. The minimum Gasteiger partial charge on any atom is -0.496 e. The topological polar surface area (TPSA) is 39.1 Å². The molecule has 1 aromatic carbocycles. The first-order chi connectivity index (χ1) is 10.0. The fourth-order valence-electron chi connectivity index (χ4n) is 2.72. The van der Waals surface area contributed by atoms with Crippen molar-refractivity contribution in [2.24, 2.45) is 7.05 Å². The molecule has 2 rings (SSSR count). The maximum atomic E-state index is 5.42. The van der Waals surface area contributed by atoms with Crippen LogP contribution in [0.15, 0.2) is 30.5 Å². The first kappa shape index (κ1) is 15.6. The summed E-state index contributed by atoms with van der Waals surface area (Å²) in [5.41, 5.74) is 3.69. The van der Waals surface area contributed by atoms with Crippen molar-refractivity contribution in [3.05, 3.63) is 47.3 Å². The Labute approximate surface area is 127 Å². The standard InChI is InChI=1S/C17H25N3O/c1-12(10-15-8-6-7-9-17(15)21-5)19-13(2)16-11-18-20(4)14(16)3/h6-9,11-13,19H,10H2,1-5H3. The second-order valence-corrected chi connectivity index (χ2v) is 5.61. The zero-order chi connectivity index (χ0) is 15.4. The first-order valence-corrected chi connectivity index (χ1v) is 7.39. The summed E-state index contributed by atoms with van der Waals surface area (Å²) < 4.78 is 7.33. The fraction of sp³-hybridized carbons (Fsp3) is 0.471. The zero-order valence-electron chi connectivity index (χ0n) is 13.6. The molecule has 0 aliphatic carbocycles. The molecule has 2 atom stereocenters. The SMILES string of the molecule is COc1ccccc1CC(C)NC(C)c1cnn(C)c1C. The molecule has 0 saturated heterocycles. The third kappa shape index (κ3) is 3.64. The Morgan fingerprint density at radius 2 is 2.00 bits per heavy atom. The van der Waals surface area contributed by atoms with Gasteiger partial charge >= 0.3 is 0 Å². The van der Waals surface area contributed by atoms with Crippen LogP contribution in [-0.2, 0) is 13.5 Å². The monoisotopic (exact) mass is 287 g/mol. The maximum Gasteiger partial charge on any atom is 0.122 e. The van der Waals surface area contributed by atoms with E-state index in [0.717, 1.165) is 12.2 Å². The average Bonchev–Trinajstić information content (AvgIpc) is 2.79. The van der Waals surface area contributed by atoms with Gasteiger partial charge in [-0.15, -0.1) is 0 Å². The number of para-hydroxylation sites is 1. The second-order valence-electron chi connectivity index (χ2n) is 5.61. The number of aromatic nitrogens is 2. The number of nitrogens with one attached hydrogen (secondary N) is 1. The van der Waals surface area contributed by atoms with Crippen molar-refractivity contribution in [2.75, 3.05) is 7.11 Å². The molecule has 4 nitrogen and oxygen atoms in total. The molecule has 0 radical (unpaired) electrons. The van der Waals surface area contributed by atoms with E-state index in [1.54, 1.807) is 7.11 Å². The van der Waals surface area contributed by atoms with Crippen LogP contribution >= 0.6 is 0 Å². The van der Waals surface area contributed by atoms with E-state index in [2.05, 4.69) is 43.3 Å². The lowest BCUT2D eigenvalue weighted by Gasteiger charge is -2.21. The van der Waals surface area contributed by atoms with Gasteiger partial charge < -0.3 is 10.1 Å². The third-order valence-corrected chi connectivity index (χ3v) is 3.99. The molecule has 1 heterocycles. The molecular formula is C17H25N3O. The van der Waals surface area contributed by atoms with E-state index in [0.29, 0.717) is 6.04 Å². The quantitative estimate of drug-likeness (QED) is 0.887. The molecule has 114 valence electrons. The third-order valence-electron chi connectivity index (χ3n) is 3.99. The van der Waals surface area contributed by atoms with E-state index in [1.165, 1.54) is 16.8 Å². The summed E-state index contributed by atoms with van der Waals surface area (Å²) in [6, 6.07) is 8.83. The molecule has 0 bridgehead atoms. The molecule has 0 amide bonds. The minimum atomic E-state index is 0.281. The van der Waals surface area contributed by atoms with Crippen molar-refractivity contribution in [1.29, 1.82) is 0 Å². The van der Waals surface area contributed by atoms with E-state index in [-0.39, 0.29) is 6.04 Å². The van der Waals surface area contributed by atoms with E-state index in [1.807, 2.05) is 30.1 Å². The second kappa shape index (κ2) is 6.76. The molecule has 1 aromatic heterocycles. The number of rotatable bonds is 6. The lowest BCUT2D eigenvalue weighted by Crippen LogP contribution is -2.31. The summed E-state index contributed by atoms with van der Waals surface area (Å²) >= 11 is 0. The Morgan fingerprint density at radius 3 is 2.62 bits per heavy atom. The van der Waals surface area contributed by atoms with E-state index < -0.39 is 0 Å². The predicted molar refractivity (Wildman–Crippen MR) is 85.7 cm³/mol. The van der Waals surface area contributed by atoms with Crippen LogP contribution < -0.4 is 10.1 Å². The summed E-state index contributed by atoms with van der Waals surface area (Å²) in [7, 11) is 3.70. The molecule has 2 aromatic rings. The van der Waals surface area contributed by atoms with Crippen LogP contribution in [0.1, 0.15) is 36.7 Å². The lowest BCUT2D eigenvalue weighted by atomic mass is 10.0. The van der Waals surface area contributed by atoms with Crippen molar-refractivity contribution in [3.8, 4) is 5.75 Å². The summed E-state index contributed by atoms with van der Waals surface area (Å²) in [5.74, 6) is 0.955. The fourth-order valence-corrected chi connectivity index (χ4v) is 2.72. The number of benzene rings is 1. The first-order valence-electron chi connectivity index (χ1n) is 7.39. The van der Waals surface area contributed by atoms with Crippen LogP contribution in [0.5, 0.6) is 5.75 Å². The van der Waals surface area contributed by atoms with Crippen LogP contribution in [-0.4, -0.2) is 22.9 Å². The molecule has 0 saturated carbocycles. The van der Waals surface area contributed by atoms with Gasteiger partial charge in [0.15, 0.2) is 0 Å². The molecular weight excluding hydrogens is 262 g/mol. The van der Waals surface area contributed by atoms with Gasteiger partial charge in [-0.2, -0.15) is 5.10 Å². The van der Waals surface area contributed by atoms with Gasteiger partial charge in [0.2, 0.25) is 0 Å². The van der Waals surface area contributed by atoms with Crippen LogP contribution in [0.25, 0.3) is 0 Å². The summed E-state index contributed by atoms with van der Waals surface area (Å²) in [6.07, 6.45) is 2.89. The Morgan fingerprint density at radius 1 is 1.29 bits per heavy atom. The molecule has 0 spiro atoms. The zero-order valence-corrected chi connectivity index (χ0v) is 13.6. The largest absolute Gasteiger partial charge is 0.496 e. The molecule has 0 aliphatic heterocycles. The molecule has 2 unspecified atom stereocenters. The van der Waals surface area contributed by atoms with E-state index in [9.17, 15) is 0 Å². The van der Waals surface area contributed by atoms with Gasteiger partial charge in [-0.25, -0.2) is 0 Å².